The van der Waals surface area contributed by atoms with E-state index in [1.165, 1.54) is 6.92 Å². The van der Waals surface area contributed by atoms with Crippen LogP contribution in [-0.4, -0.2) is 26.2 Å². The summed E-state index contributed by atoms with van der Waals surface area (Å²) in [7, 11) is 0. The summed E-state index contributed by atoms with van der Waals surface area (Å²) in [5.41, 5.74) is -0.0290. The average molecular weight is 185 g/mol. The molecule has 2 N–H and O–H groups in total. The average Bonchev–Trinajstić information content (AvgIpc) is 2.30. The van der Waals surface area contributed by atoms with Crippen LogP contribution in [0.2, 0.25) is 0 Å². The third-order valence-corrected chi connectivity index (χ3v) is 1.49. The smallest absolute Gasteiger partial charge is 0.313 e. The predicted octanol–water partition coefficient (Wildman–Crippen LogP) is 0.253. The van der Waals surface area contributed by atoms with Crippen LogP contribution in [0.1, 0.15) is 11.4 Å². The lowest BCUT2D eigenvalue weighted by molar-refractivity contribution is -0.386. The van der Waals surface area contributed by atoms with E-state index >= 15 is 0 Å². The quantitative estimate of drug-likeness (QED) is 0.518. The second-order valence-electron chi connectivity index (χ2n) is 2.47. The maximum Gasteiger partial charge on any atom is 0.313 e. The molecule has 0 aliphatic rings. The molecule has 7 heteroatoms. The summed E-state index contributed by atoms with van der Waals surface area (Å²) < 4.78 is 0. The second kappa shape index (κ2) is 3.21. The van der Waals surface area contributed by atoms with Gasteiger partial charge in [0.2, 0.25) is 0 Å². The molecule has 0 amide bonds. The Morgan fingerprint density at radius 2 is 2.38 bits per heavy atom. The first kappa shape index (κ1) is 9.17. The van der Waals surface area contributed by atoms with E-state index in [0.29, 0.717) is 0 Å². The fourth-order valence-corrected chi connectivity index (χ4v) is 0.982. The third-order valence-electron chi connectivity index (χ3n) is 1.49. The van der Waals surface area contributed by atoms with Gasteiger partial charge in [0, 0.05) is 0 Å². The van der Waals surface area contributed by atoms with Crippen molar-refractivity contribution >= 4 is 11.7 Å². The Morgan fingerprint density at radius 1 is 1.77 bits per heavy atom. The number of aliphatic carboxylic acids is 1. The molecule has 1 heterocycles. The number of aryl methyl sites for hydroxylation is 1. The normalized spacial score (nSPS) is 9.92. The number of H-pyrrole nitrogens is 1. The number of carbonyl (C=O) groups is 1. The molecule has 0 unspecified atom stereocenters. The Balaban J connectivity index is 3.07. The summed E-state index contributed by atoms with van der Waals surface area (Å²) in [6, 6.07) is 0. The Bertz CT molecular complexity index is 357. The highest BCUT2D eigenvalue weighted by Crippen LogP contribution is 2.20. The molecule has 0 radical (unpaired) electrons. The van der Waals surface area contributed by atoms with Crippen LogP contribution in [0.15, 0.2) is 0 Å². The van der Waals surface area contributed by atoms with E-state index in [4.69, 9.17) is 5.11 Å². The standard InChI is InChI=1S/C6H7N3O4/c1-3-6(9(12)13)4(8-7-3)2-5(10)11/h2H2,1H3,(H,7,8)(H,10,11). The summed E-state index contributed by atoms with van der Waals surface area (Å²) in [6.45, 7) is 1.47. The van der Waals surface area contributed by atoms with Gasteiger partial charge in [0.15, 0.2) is 5.69 Å². The second-order valence-corrected chi connectivity index (χ2v) is 2.47. The van der Waals surface area contributed by atoms with E-state index in [-0.39, 0.29) is 17.1 Å². The summed E-state index contributed by atoms with van der Waals surface area (Å²) in [4.78, 5) is 20.1. The lowest BCUT2D eigenvalue weighted by Crippen LogP contribution is -2.03. The highest BCUT2D eigenvalue weighted by Gasteiger charge is 2.22. The van der Waals surface area contributed by atoms with Gasteiger partial charge in [-0.3, -0.25) is 20.0 Å². The van der Waals surface area contributed by atoms with Crippen molar-refractivity contribution in [2.75, 3.05) is 0 Å². The van der Waals surface area contributed by atoms with Crippen molar-refractivity contribution in [1.29, 1.82) is 0 Å². The van der Waals surface area contributed by atoms with Gasteiger partial charge in [-0.15, -0.1) is 0 Å². The molecule has 0 saturated carbocycles. The molecule has 1 rings (SSSR count). The molecule has 0 aliphatic carbocycles. The van der Waals surface area contributed by atoms with Gasteiger partial charge in [-0.2, -0.15) is 5.10 Å². The number of nitrogens with one attached hydrogen (secondary N) is 1. The van der Waals surface area contributed by atoms with Crippen LogP contribution in [0.4, 0.5) is 5.69 Å². The molecular weight excluding hydrogens is 178 g/mol. The van der Waals surface area contributed by atoms with Gasteiger partial charge >= 0.3 is 11.7 Å². The van der Waals surface area contributed by atoms with Crippen molar-refractivity contribution in [3.8, 4) is 0 Å². The van der Waals surface area contributed by atoms with Crippen molar-refractivity contribution in [3.05, 3.63) is 21.5 Å². The van der Waals surface area contributed by atoms with Crippen molar-refractivity contribution in [1.82, 2.24) is 10.2 Å². The van der Waals surface area contributed by atoms with Gasteiger partial charge in [-0.1, -0.05) is 0 Å². The predicted molar refractivity (Wildman–Crippen MR) is 41.3 cm³/mol. The molecule has 0 bridgehead atoms. The molecule has 70 valence electrons. The topological polar surface area (TPSA) is 109 Å². The number of nitro groups is 1. The first-order valence-electron chi connectivity index (χ1n) is 3.42. The lowest BCUT2D eigenvalue weighted by atomic mass is 10.2. The Morgan fingerprint density at radius 3 is 2.85 bits per heavy atom. The zero-order valence-corrected chi connectivity index (χ0v) is 6.77. The molecule has 0 aliphatic heterocycles. The van der Waals surface area contributed by atoms with Crippen molar-refractivity contribution in [2.45, 2.75) is 13.3 Å². The van der Waals surface area contributed by atoms with Crippen LogP contribution in [0.3, 0.4) is 0 Å². The van der Waals surface area contributed by atoms with Crippen LogP contribution in [0, 0.1) is 17.0 Å². The molecule has 0 aromatic carbocycles. The molecule has 1 aromatic heterocycles. The van der Waals surface area contributed by atoms with Gasteiger partial charge in [-0.25, -0.2) is 0 Å². The van der Waals surface area contributed by atoms with Crippen LogP contribution in [0.5, 0.6) is 0 Å². The zero-order chi connectivity index (χ0) is 10.0. The summed E-state index contributed by atoms with van der Waals surface area (Å²) in [5.74, 6) is -1.14. The fraction of sp³-hybridized carbons (Fsp3) is 0.333. The van der Waals surface area contributed by atoms with Crippen LogP contribution >= 0.6 is 0 Å². The van der Waals surface area contributed by atoms with Crippen LogP contribution in [-0.2, 0) is 11.2 Å². The Labute approximate surface area is 72.5 Å². The van der Waals surface area contributed by atoms with Gasteiger partial charge in [-0.05, 0) is 6.92 Å². The fourth-order valence-electron chi connectivity index (χ4n) is 0.982. The zero-order valence-electron chi connectivity index (χ0n) is 6.77. The van der Waals surface area contributed by atoms with Gasteiger partial charge in [0.05, 0.1) is 11.3 Å². The van der Waals surface area contributed by atoms with E-state index in [9.17, 15) is 14.9 Å². The van der Waals surface area contributed by atoms with Crippen molar-refractivity contribution in [3.63, 3.8) is 0 Å². The van der Waals surface area contributed by atoms with Crippen LogP contribution in [0.25, 0.3) is 0 Å². The number of aromatic amines is 1. The number of rotatable bonds is 3. The number of nitrogens with zero attached hydrogens (tertiary/aromatic N) is 2. The van der Waals surface area contributed by atoms with Gasteiger partial charge in [0.1, 0.15) is 5.69 Å². The molecule has 1 aromatic rings. The molecule has 0 atom stereocenters. The first-order chi connectivity index (χ1) is 6.02. The van der Waals surface area contributed by atoms with E-state index in [2.05, 4.69) is 10.2 Å². The monoisotopic (exact) mass is 185 g/mol. The number of hydrogen-bond acceptors (Lipinski definition) is 4. The molecular formula is C6H7N3O4. The van der Waals surface area contributed by atoms with E-state index in [1.54, 1.807) is 0 Å². The number of aromatic nitrogens is 2. The summed E-state index contributed by atoms with van der Waals surface area (Å²) in [5, 5.41) is 24.7. The Kier molecular flexibility index (Phi) is 2.27. The molecule has 0 saturated heterocycles. The van der Waals surface area contributed by atoms with E-state index in [0.717, 1.165) is 0 Å². The minimum Gasteiger partial charge on any atom is -0.481 e. The Hall–Kier alpha value is -1.92. The maximum absolute atomic E-state index is 10.4. The molecule has 13 heavy (non-hydrogen) atoms. The maximum atomic E-state index is 10.4. The van der Waals surface area contributed by atoms with E-state index < -0.39 is 17.3 Å². The lowest BCUT2D eigenvalue weighted by Gasteiger charge is -1.90. The van der Waals surface area contributed by atoms with Gasteiger partial charge < -0.3 is 5.11 Å². The van der Waals surface area contributed by atoms with E-state index in [1.807, 2.05) is 0 Å². The first-order valence-corrected chi connectivity index (χ1v) is 3.42. The number of carboxylic acid groups (broad SMARTS) is 1. The largest absolute Gasteiger partial charge is 0.481 e. The summed E-state index contributed by atoms with van der Waals surface area (Å²) in [6.07, 6.45) is -0.444. The highest BCUT2D eigenvalue weighted by molar-refractivity contribution is 5.71. The minimum atomic E-state index is -1.14. The minimum absolute atomic E-state index is 0.0463. The SMILES string of the molecule is Cc1[nH]nc(CC(=O)O)c1[N+](=O)[O-]. The molecule has 0 fully saturated rings. The van der Waals surface area contributed by atoms with Crippen molar-refractivity contribution < 1.29 is 14.8 Å². The molecule has 7 nitrogen and oxygen atoms in total. The molecule has 0 spiro atoms. The summed E-state index contributed by atoms with van der Waals surface area (Å²) >= 11 is 0. The highest BCUT2D eigenvalue weighted by atomic mass is 16.6. The van der Waals surface area contributed by atoms with Crippen LogP contribution < -0.4 is 0 Å². The number of hydrogen-bond donors (Lipinski definition) is 2. The van der Waals surface area contributed by atoms with Crippen molar-refractivity contribution in [2.24, 2.45) is 0 Å². The van der Waals surface area contributed by atoms with Gasteiger partial charge in [0.25, 0.3) is 0 Å². The number of carboxylic acids is 1. The third kappa shape index (κ3) is 1.81.